The lowest BCUT2D eigenvalue weighted by atomic mass is 10.1. The fraction of sp³-hybridized carbons (Fsp3) is 0.280. The van der Waals surface area contributed by atoms with Crippen LogP contribution in [0.25, 0.3) is 17.0 Å². The molecule has 0 aliphatic heterocycles. The zero-order valence-electron chi connectivity index (χ0n) is 19.2. The van der Waals surface area contributed by atoms with Gasteiger partial charge in [0.05, 0.1) is 12.2 Å². The van der Waals surface area contributed by atoms with Gasteiger partial charge in [-0.3, -0.25) is 9.78 Å². The van der Waals surface area contributed by atoms with Crippen molar-refractivity contribution in [3.63, 3.8) is 0 Å². The number of aliphatic hydroxyl groups excluding tert-OH is 1. The Hall–Kier alpha value is -3.72. The minimum atomic E-state index is -0.836. The highest BCUT2D eigenvalue weighted by Gasteiger charge is 2.19. The molecule has 0 radical (unpaired) electrons. The molecule has 0 saturated carbocycles. The van der Waals surface area contributed by atoms with E-state index in [4.69, 9.17) is 0 Å². The van der Waals surface area contributed by atoms with Gasteiger partial charge in [-0.05, 0) is 57.0 Å². The highest BCUT2D eigenvalue weighted by atomic mass is 19.1. The van der Waals surface area contributed by atoms with E-state index in [1.165, 1.54) is 10.5 Å². The zero-order chi connectivity index (χ0) is 24.4. The molecule has 1 N–H and O–H groups in total. The first kappa shape index (κ1) is 23.4. The van der Waals surface area contributed by atoms with E-state index in [9.17, 15) is 18.7 Å². The largest absolute Gasteiger partial charge is 0.395 e. The van der Waals surface area contributed by atoms with Crippen molar-refractivity contribution in [3.05, 3.63) is 87.1 Å². The van der Waals surface area contributed by atoms with Crippen LogP contribution in [-0.2, 0) is 6.42 Å². The molecule has 0 aliphatic carbocycles. The van der Waals surface area contributed by atoms with Crippen LogP contribution in [0, 0.1) is 32.4 Å². The van der Waals surface area contributed by atoms with Gasteiger partial charge in [0.25, 0.3) is 5.56 Å². The van der Waals surface area contributed by atoms with Gasteiger partial charge >= 0.3 is 0 Å². The van der Waals surface area contributed by atoms with E-state index >= 15 is 0 Å². The van der Waals surface area contributed by atoms with E-state index < -0.39 is 11.6 Å². The number of halogens is 2. The Morgan fingerprint density at radius 3 is 2.53 bits per heavy atom. The van der Waals surface area contributed by atoms with Crippen molar-refractivity contribution in [2.75, 3.05) is 24.6 Å². The van der Waals surface area contributed by atoms with Gasteiger partial charge < -0.3 is 10.0 Å². The number of benzene rings is 1. The summed E-state index contributed by atoms with van der Waals surface area (Å²) in [5.41, 5.74) is 2.83. The molecule has 0 spiro atoms. The molecule has 1 aromatic carbocycles. The van der Waals surface area contributed by atoms with Crippen LogP contribution in [0.2, 0.25) is 0 Å². The second kappa shape index (κ2) is 9.64. The van der Waals surface area contributed by atoms with Gasteiger partial charge in [-0.1, -0.05) is 0 Å². The molecule has 4 rings (SSSR count). The predicted octanol–water partition coefficient (Wildman–Crippen LogP) is 3.40. The predicted molar refractivity (Wildman–Crippen MR) is 126 cm³/mol. The van der Waals surface area contributed by atoms with E-state index in [1.807, 2.05) is 24.0 Å². The maximum absolute atomic E-state index is 14.8. The lowest BCUT2D eigenvalue weighted by Gasteiger charge is -2.24. The summed E-state index contributed by atoms with van der Waals surface area (Å²) >= 11 is 0. The molecule has 0 aliphatic rings. The smallest absolute Gasteiger partial charge is 0.262 e. The minimum Gasteiger partial charge on any atom is -0.395 e. The Balaban J connectivity index is 1.87. The maximum Gasteiger partial charge on any atom is 0.262 e. The number of aromatic nitrogens is 4. The van der Waals surface area contributed by atoms with Gasteiger partial charge in [0, 0.05) is 48.4 Å². The highest BCUT2D eigenvalue weighted by molar-refractivity contribution is 5.65. The molecule has 0 fully saturated rings. The molecule has 0 unspecified atom stereocenters. The normalized spacial score (nSPS) is 11.2. The monoisotopic (exact) mass is 465 g/mol. The Morgan fingerprint density at radius 1 is 1.03 bits per heavy atom. The summed E-state index contributed by atoms with van der Waals surface area (Å²) in [5.74, 6) is -1.12. The van der Waals surface area contributed by atoms with Crippen LogP contribution in [0.5, 0.6) is 0 Å². The number of hydrogen-bond donors (Lipinski definition) is 1. The number of rotatable bonds is 7. The molecule has 3 heterocycles. The highest BCUT2D eigenvalue weighted by Crippen LogP contribution is 2.26. The van der Waals surface area contributed by atoms with Gasteiger partial charge in [-0.15, -0.1) is 0 Å². The molecule has 9 heteroatoms. The van der Waals surface area contributed by atoms with Crippen molar-refractivity contribution >= 4 is 11.5 Å². The Kier molecular flexibility index (Phi) is 6.65. The topological polar surface area (TPSA) is 83.6 Å². The Bertz CT molecular complexity index is 1420. The van der Waals surface area contributed by atoms with Gasteiger partial charge in [-0.2, -0.15) is 0 Å². The van der Waals surface area contributed by atoms with Crippen molar-refractivity contribution in [2.24, 2.45) is 0 Å². The number of pyridine rings is 1. The summed E-state index contributed by atoms with van der Waals surface area (Å²) in [6, 6.07) is 8.68. The molecule has 34 heavy (non-hydrogen) atoms. The number of aryl methyl sites for hydroxylation is 2. The first-order valence-electron chi connectivity index (χ1n) is 10.9. The van der Waals surface area contributed by atoms with E-state index in [0.717, 1.165) is 23.4 Å². The first-order chi connectivity index (χ1) is 16.3. The molecular weight excluding hydrogens is 440 g/mol. The zero-order valence-corrected chi connectivity index (χ0v) is 19.2. The van der Waals surface area contributed by atoms with Gasteiger partial charge in [0.1, 0.15) is 23.1 Å². The average molecular weight is 466 g/mol. The van der Waals surface area contributed by atoms with Crippen LogP contribution in [0.4, 0.5) is 14.6 Å². The van der Waals surface area contributed by atoms with Crippen molar-refractivity contribution in [1.29, 1.82) is 0 Å². The standard InChI is InChI=1S/C25H25F2N5O2/c1-15-12-18(6-8-28-15)7-9-31(10-11-33)22-14-23-29-17(3)16(2)25(34)32(23)24(30-22)20-5-4-19(26)13-21(20)27/h4-6,8,12-14,33H,7,9-11H2,1-3H3. The van der Waals surface area contributed by atoms with Gasteiger partial charge in [-0.25, -0.2) is 23.1 Å². The summed E-state index contributed by atoms with van der Waals surface area (Å²) in [7, 11) is 0. The van der Waals surface area contributed by atoms with Crippen molar-refractivity contribution < 1.29 is 13.9 Å². The molecule has 0 bridgehead atoms. The van der Waals surface area contributed by atoms with Crippen LogP contribution < -0.4 is 10.5 Å². The number of anilines is 1. The van der Waals surface area contributed by atoms with Crippen LogP contribution >= 0.6 is 0 Å². The van der Waals surface area contributed by atoms with E-state index in [1.54, 1.807) is 26.1 Å². The summed E-state index contributed by atoms with van der Waals surface area (Å²) in [4.78, 5) is 28.3. The number of fused-ring (bicyclic) bond motifs is 1. The fourth-order valence-corrected chi connectivity index (χ4v) is 3.84. The fourth-order valence-electron chi connectivity index (χ4n) is 3.84. The van der Waals surface area contributed by atoms with Crippen molar-refractivity contribution in [2.45, 2.75) is 27.2 Å². The molecule has 7 nitrogen and oxygen atoms in total. The van der Waals surface area contributed by atoms with Crippen LogP contribution in [0.3, 0.4) is 0 Å². The minimum absolute atomic E-state index is 0.0193. The molecular formula is C25H25F2N5O2. The number of hydrogen-bond acceptors (Lipinski definition) is 6. The molecule has 0 saturated heterocycles. The van der Waals surface area contributed by atoms with Crippen molar-refractivity contribution in [1.82, 2.24) is 19.4 Å². The van der Waals surface area contributed by atoms with E-state index in [-0.39, 0.29) is 30.1 Å². The van der Waals surface area contributed by atoms with Gasteiger partial charge in [0.15, 0.2) is 5.82 Å². The summed E-state index contributed by atoms with van der Waals surface area (Å²) in [6.07, 6.45) is 2.40. The third kappa shape index (κ3) is 4.65. The molecule has 3 aromatic heterocycles. The van der Waals surface area contributed by atoms with Crippen LogP contribution in [0.1, 0.15) is 22.5 Å². The van der Waals surface area contributed by atoms with Crippen LogP contribution in [-0.4, -0.2) is 44.2 Å². The van der Waals surface area contributed by atoms with Crippen LogP contribution in [0.15, 0.2) is 47.4 Å². The van der Waals surface area contributed by atoms with Crippen molar-refractivity contribution in [3.8, 4) is 11.4 Å². The first-order valence-corrected chi connectivity index (χ1v) is 10.9. The number of aliphatic hydroxyl groups is 1. The third-order valence-corrected chi connectivity index (χ3v) is 5.77. The van der Waals surface area contributed by atoms with E-state index in [0.29, 0.717) is 35.7 Å². The Labute approximate surface area is 195 Å². The molecule has 0 atom stereocenters. The quantitative estimate of drug-likeness (QED) is 0.451. The number of nitrogens with zero attached hydrogens (tertiary/aromatic N) is 5. The maximum atomic E-state index is 14.8. The second-order valence-corrected chi connectivity index (χ2v) is 8.15. The molecule has 0 amide bonds. The summed E-state index contributed by atoms with van der Waals surface area (Å²) in [5, 5.41) is 9.69. The van der Waals surface area contributed by atoms with E-state index in [2.05, 4.69) is 15.0 Å². The Morgan fingerprint density at radius 2 is 1.82 bits per heavy atom. The van der Waals surface area contributed by atoms with Gasteiger partial charge in [0.2, 0.25) is 0 Å². The lowest BCUT2D eigenvalue weighted by molar-refractivity contribution is 0.301. The molecule has 176 valence electrons. The average Bonchev–Trinajstić information content (AvgIpc) is 2.79. The second-order valence-electron chi connectivity index (χ2n) is 8.15. The third-order valence-electron chi connectivity index (χ3n) is 5.77. The SMILES string of the molecule is Cc1cc(CCN(CCO)c2cc3nc(C)c(C)c(=O)n3c(-c3ccc(F)cc3F)n2)ccn1. The summed E-state index contributed by atoms with van der Waals surface area (Å²) in [6.45, 7) is 5.94. The molecule has 4 aromatic rings. The lowest BCUT2D eigenvalue weighted by Crippen LogP contribution is -2.31. The summed E-state index contributed by atoms with van der Waals surface area (Å²) < 4.78 is 29.6.